The normalized spacial score (nSPS) is 9.42. The van der Waals surface area contributed by atoms with Gasteiger partial charge in [0.1, 0.15) is 5.82 Å². The summed E-state index contributed by atoms with van der Waals surface area (Å²) in [6.45, 7) is 2.64. The van der Waals surface area contributed by atoms with E-state index in [0.29, 0.717) is 12.1 Å². The van der Waals surface area contributed by atoms with E-state index in [1.54, 1.807) is 18.3 Å². The Morgan fingerprint density at radius 3 is 3.08 bits per heavy atom. The van der Waals surface area contributed by atoms with Gasteiger partial charge in [0.2, 0.25) is 6.29 Å². The lowest BCUT2D eigenvalue weighted by molar-refractivity contribution is -0.105. The first kappa shape index (κ1) is 8.52. The highest BCUT2D eigenvalue weighted by Gasteiger charge is 2.05. The molecule has 0 spiro atoms. The van der Waals surface area contributed by atoms with E-state index in [1.165, 1.54) is 4.57 Å². The fourth-order valence-electron chi connectivity index (χ4n) is 0.955. The minimum atomic E-state index is -0.559. The van der Waals surface area contributed by atoms with Crippen molar-refractivity contribution in [3.05, 3.63) is 18.3 Å². The lowest BCUT2D eigenvalue weighted by Gasteiger charge is -2.04. The summed E-state index contributed by atoms with van der Waals surface area (Å²) in [5.41, 5.74) is 0. The maximum atomic E-state index is 10.9. The number of anilines is 1. The molecule has 64 valence electrons. The Bertz CT molecular complexity index is 291. The third kappa shape index (κ3) is 1.53. The third-order valence-corrected chi connectivity index (χ3v) is 1.44. The summed E-state index contributed by atoms with van der Waals surface area (Å²) in [6.07, 6.45) is 1.84. The van der Waals surface area contributed by atoms with E-state index in [1.807, 2.05) is 6.92 Å². The van der Waals surface area contributed by atoms with Crippen LogP contribution in [0.15, 0.2) is 18.3 Å². The maximum Gasteiger partial charge on any atom is 0.296 e. The van der Waals surface area contributed by atoms with Crippen LogP contribution in [0.2, 0.25) is 0 Å². The fraction of sp³-hybridized carbons (Fsp3) is 0.250. The quantitative estimate of drug-likeness (QED) is 0.532. The topological polar surface area (TPSA) is 51.1 Å². The van der Waals surface area contributed by atoms with Crippen molar-refractivity contribution in [2.24, 2.45) is 0 Å². The first-order valence-corrected chi connectivity index (χ1v) is 3.70. The van der Waals surface area contributed by atoms with Crippen molar-refractivity contribution in [1.82, 2.24) is 4.57 Å². The first-order chi connectivity index (χ1) is 5.79. The lowest BCUT2D eigenvalue weighted by Crippen LogP contribution is -2.14. The van der Waals surface area contributed by atoms with Gasteiger partial charge in [-0.3, -0.25) is 14.2 Å². The van der Waals surface area contributed by atoms with Crippen molar-refractivity contribution < 1.29 is 9.59 Å². The Kier molecular flexibility index (Phi) is 2.63. The predicted molar refractivity (Wildman–Crippen MR) is 45.3 cm³/mol. The van der Waals surface area contributed by atoms with Crippen molar-refractivity contribution in [1.29, 1.82) is 0 Å². The van der Waals surface area contributed by atoms with Crippen LogP contribution in [-0.4, -0.2) is 23.3 Å². The molecule has 0 aliphatic carbocycles. The number of hydrogen-bond donors (Lipinski definition) is 1. The zero-order chi connectivity index (χ0) is 8.97. The Balaban J connectivity index is 2.90. The van der Waals surface area contributed by atoms with Crippen LogP contribution in [0.25, 0.3) is 0 Å². The van der Waals surface area contributed by atoms with Gasteiger partial charge in [-0.05, 0) is 19.1 Å². The molecular formula is C8H10N2O2. The largest absolute Gasteiger partial charge is 0.371 e. The molecule has 1 aromatic heterocycles. The number of aldehydes is 1. The maximum absolute atomic E-state index is 10.9. The average Bonchev–Trinajstić information content (AvgIpc) is 2.52. The molecule has 12 heavy (non-hydrogen) atoms. The zero-order valence-electron chi connectivity index (χ0n) is 6.78. The number of carbonyl (C=O) groups excluding carboxylic acids is 2. The van der Waals surface area contributed by atoms with Gasteiger partial charge in [-0.1, -0.05) is 0 Å². The molecule has 0 bridgehead atoms. The van der Waals surface area contributed by atoms with E-state index >= 15 is 0 Å². The summed E-state index contributed by atoms with van der Waals surface area (Å²) in [5.74, 6) is 0.0885. The third-order valence-electron chi connectivity index (χ3n) is 1.44. The number of hydrogen-bond acceptors (Lipinski definition) is 3. The molecule has 0 radical (unpaired) electrons. The molecular weight excluding hydrogens is 156 g/mol. The number of aromatic nitrogens is 1. The van der Waals surface area contributed by atoms with Crippen LogP contribution < -0.4 is 5.32 Å². The smallest absolute Gasteiger partial charge is 0.296 e. The van der Waals surface area contributed by atoms with Crippen molar-refractivity contribution in [3.8, 4) is 0 Å². The Morgan fingerprint density at radius 2 is 2.50 bits per heavy atom. The molecule has 0 atom stereocenters. The van der Waals surface area contributed by atoms with E-state index in [0.717, 1.165) is 6.54 Å². The SMILES string of the molecule is CCNc1cccn1C(=O)C=O. The Morgan fingerprint density at radius 1 is 1.75 bits per heavy atom. The van der Waals surface area contributed by atoms with Gasteiger partial charge in [-0.2, -0.15) is 0 Å². The molecule has 4 heteroatoms. The number of nitrogens with one attached hydrogen (secondary N) is 1. The van der Waals surface area contributed by atoms with E-state index in [9.17, 15) is 9.59 Å². The number of carbonyl (C=O) groups is 2. The molecule has 4 nitrogen and oxygen atoms in total. The van der Waals surface area contributed by atoms with Gasteiger partial charge in [-0.25, -0.2) is 0 Å². The summed E-state index contributed by atoms with van der Waals surface area (Å²) in [5, 5.41) is 2.95. The molecule has 0 saturated heterocycles. The second-order valence-corrected chi connectivity index (χ2v) is 2.25. The summed E-state index contributed by atoms with van der Waals surface area (Å²) in [4.78, 5) is 21.1. The van der Waals surface area contributed by atoms with Crippen LogP contribution >= 0.6 is 0 Å². The Labute approximate surface area is 70.2 Å². The standard InChI is InChI=1S/C8H10N2O2/c1-2-9-7-4-3-5-10(7)8(12)6-11/h3-6,9H,2H2,1H3. The first-order valence-electron chi connectivity index (χ1n) is 3.70. The van der Waals surface area contributed by atoms with Gasteiger partial charge >= 0.3 is 0 Å². The fourth-order valence-corrected chi connectivity index (χ4v) is 0.955. The molecule has 0 aliphatic rings. The molecule has 1 N–H and O–H groups in total. The highest BCUT2D eigenvalue weighted by Crippen LogP contribution is 2.07. The monoisotopic (exact) mass is 166 g/mol. The second-order valence-electron chi connectivity index (χ2n) is 2.25. The van der Waals surface area contributed by atoms with Crippen molar-refractivity contribution in [2.45, 2.75) is 6.92 Å². The minimum Gasteiger partial charge on any atom is -0.371 e. The zero-order valence-corrected chi connectivity index (χ0v) is 6.78. The summed E-state index contributed by atoms with van der Waals surface area (Å²) < 4.78 is 1.27. The van der Waals surface area contributed by atoms with E-state index in [2.05, 4.69) is 5.32 Å². The second kappa shape index (κ2) is 3.71. The predicted octanol–water partition coefficient (Wildman–Crippen LogP) is 0.759. The molecule has 1 heterocycles. The Hall–Kier alpha value is -1.58. The van der Waals surface area contributed by atoms with Crippen LogP contribution in [0, 0.1) is 0 Å². The highest BCUT2D eigenvalue weighted by atomic mass is 16.2. The average molecular weight is 166 g/mol. The van der Waals surface area contributed by atoms with E-state index in [4.69, 9.17) is 0 Å². The molecule has 1 rings (SSSR count). The lowest BCUT2D eigenvalue weighted by atomic mass is 10.5. The van der Waals surface area contributed by atoms with Crippen LogP contribution in [0.4, 0.5) is 5.82 Å². The van der Waals surface area contributed by atoms with Crippen molar-refractivity contribution >= 4 is 18.0 Å². The molecule has 0 aliphatic heterocycles. The highest BCUT2D eigenvalue weighted by molar-refractivity contribution is 6.25. The molecule has 0 unspecified atom stereocenters. The van der Waals surface area contributed by atoms with Crippen molar-refractivity contribution in [2.75, 3.05) is 11.9 Å². The minimum absolute atomic E-state index is 0.292. The molecule has 1 aromatic rings. The van der Waals surface area contributed by atoms with Crippen LogP contribution in [0.1, 0.15) is 11.7 Å². The van der Waals surface area contributed by atoms with Crippen molar-refractivity contribution in [3.63, 3.8) is 0 Å². The number of nitrogens with zero attached hydrogens (tertiary/aromatic N) is 1. The van der Waals surface area contributed by atoms with Gasteiger partial charge < -0.3 is 5.32 Å². The summed E-state index contributed by atoms with van der Waals surface area (Å²) in [6, 6.07) is 3.45. The van der Waals surface area contributed by atoms with Gasteiger partial charge in [0, 0.05) is 12.7 Å². The van der Waals surface area contributed by atoms with Crippen LogP contribution in [0.5, 0.6) is 0 Å². The summed E-state index contributed by atoms with van der Waals surface area (Å²) >= 11 is 0. The van der Waals surface area contributed by atoms with Crippen LogP contribution in [-0.2, 0) is 4.79 Å². The van der Waals surface area contributed by atoms with Gasteiger partial charge in [0.25, 0.3) is 5.91 Å². The van der Waals surface area contributed by atoms with Gasteiger partial charge in [0.15, 0.2) is 0 Å². The van der Waals surface area contributed by atoms with Crippen LogP contribution in [0.3, 0.4) is 0 Å². The molecule has 0 amide bonds. The van der Waals surface area contributed by atoms with Gasteiger partial charge in [0.05, 0.1) is 0 Å². The molecule has 0 fully saturated rings. The van der Waals surface area contributed by atoms with E-state index in [-0.39, 0.29) is 0 Å². The summed E-state index contributed by atoms with van der Waals surface area (Å²) in [7, 11) is 0. The molecule has 0 aromatic carbocycles. The molecule has 0 saturated carbocycles. The van der Waals surface area contributed by atoms with Gasteiger partial charge in [-0.15, -0.1) is 0 Å². The van der Waals surface area contributed by atoms with E-state index < -0.39 is 5.91 Å². The number of rotatable bonds is 3.